The first-order chi connectivity index (χ1) is 11.0. The lowest BCUT2D eigenvalue weighted by Gasteiger charge is -2.27. The Morgan fingerprint density at radius 1 is 1.35 bits per heavy atom. The molecular formula is C15H13N3O4S. The van der Waals surface area contributed by atoms with Gasteiger partial charge >= 0.3 is 0 Å². The maximum absolute atomic E-state index is 12.2. The van der Waals surface area contributed by atoms with Gasteiger partial charge in [-0.1, -0.05) is 18.2 Å². The van der Waals surface area contributed by atoms with Crippen molar-refractivity contribution < 1.29 is 14.5 Å². The summed E-state index contributed by atoms with van der Waals surface area (Å²) in [6.07, 6.45) is 4.21. The van der Waals surface area contributed by atoms with E-state index >= 15 is 0 Å². The van der Waals surface area contributed by atoms with Gasteiger partial charge in [0.25, 0.3) is 17.5 Å². The monoisotopic (exact) mass is 331 g/mol. The molecule has 1 saturated heterocycles. The first kappa shape index (κ1) is 16.5. The van der Waals surface area contributed by atoms with E-state index in [1.807, 2.05) is 0 Å². The number of carbonyl (C=O) groups excluding carboxylic acids is 2. The fourth-order valence-electron chi connectivity index (χ4n) is 2.04. The third kappa shape index (κ3) is 3.49. The fourth-order valence-corrected chi connectivity index (χ4v) is 2.35. The normalized spacial score (nSPS) is 17.0. The summed E-state index contributed by atoms with van der Waals surface area (Å²) >= 11 is 4.92. The number of amides is 2. The van der Waals surface area contributed by atoms with E-state index in [0.717, 1.165) is 0 Å². The Bertz CT molecular complexity index is 755. The molecule has 1 fully saturated rings. The lowest BCUT2D eigenvalue weighted by Crippen LogP contribution is -2.53. The number of thiocarbonyl (C=S) groups is 1. The Balaban J connectivity index is 2.29. The maximum atomic E-state index is 12.2. The number of nitro benzene ring substituents is 1. The molecule has 118 valence electrons. The van der Waals surface area contributed by atoms with Gasteiger partial charge in [0.1, 0.15) is 5.57 Å². The highest BCUT2D eigenvalue weighted by atomic mass is 32.1. The Morgan fingerprint density at radius 3 is 2.70 bits per heavy atom. The molecule has 0 aliphatic carbocycles. The van der Waals surface area contributed by atoms with Crippen LogP contribution in [-0.4, -0.2) is 33.3 Å². The molecule has 1 N–H and O–H groups in total. The number of allylic oxidation sites excluding steroid dienone is 2. The van der Waals surface area contributed by atoms with E-state index in [2.05, 4.69) is 5.32 Å². The number of nitrogens with zero attached hydrogens (tertiary/aromatic N) is 2. The van der Waals surface area contributed by atoms with Crippen LogP contribution in [0.25, 0.3) is 6.08 Å². The number of carbonyl (C=O) groups is 2. The van der Waals surface area contributed by atoms with Crippen molar-refractivity contribution >= 4 is 40.9 Å². The molecule has 0 saturated carbocycles. The number of nitro groups is 1. The summed E-state index contributed by atoms with van der Waals surface area (Å²) in [5, 5.41) is 13.4. The zero-order valence-corrected chi connectivity index (χ0v) is 13.0. The second-order valence-corrected chi connectivity index (χ2v) is 4.95. The van der Waals surface area contributed by atoms with Crippen molar-refractivity contribution in [1.82, 2.24) is 10.2 Å². The zero-order valence-electron chi connectivity index (χ0n) is 12.2. The molecule has 8 heteroatoms. The van der Waals surface area contributed by atoms with Crippen molar-refractivity contribution in [2.75, 3.05) is 6.54 Å². The molecule has 0 bridgehead atoms. The van der Waals surface area contributed by atoms with Gasteiger partial charge in [0.15, 0.2) is 5.11 Å². The van der Waals surface area contributed by atoms with Gasteiger partial charge in [0.2, 0.25) is 0 Å². The Kier molecular flexibility index (Phi) is 4.97. The number of hydrogen-bond acceptors (Lipinski definition) is 5. The zero-order chi connectivity index (χ0) is 17.0. The van der Waals surface area contributed by atoms with E-state index in [1.165, 1.54) is 29.2 Å². The third-order valence-corrected chi connectivity index (χ3v) is 3.50. The molecule has 1 heterocycles. The highest BCUT2D eigenvalue weighted by molar-refractivity contribution is 7.80. The lowest BCUT2D eigenvalue weighted by atomic mass is 10.1. The van der Waals surface area contributed by atoms with Gasteiger partial charge in [0, 0.05) is 12.6 Å². The van der Waals surface area contributed by atoms with Gasteiger partial charge in [-0.15, -0.1) is 0 Å². The van der Waals surface area contributed by atoms with Gasteiger partial charge in [-0.3, -0.25) is 29.9 Å². The molecule has 7 nitrogen and oxygen atoms in total. The molecule has 0 atom stereocenters. The molecule has 0 spiro atoms. The van der Waals surface area contributed by atoms with E-state index in [4.69, 9.17) is 12.2 Å². The smallest absolute Gasteiger partial charge is 0.276 e. The van der Waals surface area contributed by atoms with E-state index in [9.17, 15) is 19.7 Å². The number of nitrogens with one attached hydrogen (secondary N) is 1. The quantitative estimate of drug-likeness (QED) is 0.298. The van der Waals surface area contributed by atoms with Gasteiger partial charge in [0.05, 0.1) is 10.5 Å². The van der Waals surface area contributed by atoms with Crippen LogP contribution in [0.5, 0.6) is 0 Å². The summed E-state index contributed by atoms with van der Waals surface area (Å²) in [5.41, 5.74) is 0.245. The third-order valence-electron chi connectivity index (χ3n) is 3.17. The van der Waals surface area contributed by atoms with E-state index < -0.39 is 16.7 Å². The molecule has 2 rings (SSSR count). The van der Waals surface area contributed by atoms with Crippen LogP contribution in [0.3, 0.4) is 0 Å². The number of rotatable bonds is 4. The topological polar surface area (TPSA) is 92.6 Å². The lowest BCUT2D eigenvalue weighted by molar-refractivity contribution is -0.385. The van der Waals surface area contributed by atoms with Crippen LogP contribution in [0.2, 0.25) is 0 Å². The summed E-state index contributed by atoms with van der Waals surface area (Å²) in [6.45, 7) is 2.08. The van der Waals surface area contributed by atoms with Crippen LogP contribution in [0.15, 0.2) is 42.0 Å². The average molecular weight is 331 g/mol. The van der Waals surface area contributed by atoms with Crippen LogP contribution in [0.1, 0.15) is 12.5 Å². The van der Waals surface area contributed by atoms with Crippen LogP contribution >= 0.6 is 12.2 Å². The number of benzene rings is 1. The highest BCUT2D eigenvalue weighted by Crippen LogP contribution is 2.19. The predicted octanol–water partition coefficient (Wildman–Crippen LogP) is 1.80. The largest absolute Gasteiger partial charge is 0.298 e. The van der Waals surface area contributed by atoms with Crippen LogP contribution < -0.4 is 5.32 Å². The molecule has 0 aromatic heterocycles. The first-order valence-corrected chi connectivity index (χ1v) is 7.15. The van der Waals surface area contributed by atoms with E-state index in [0.29, 0.717) is 12.1 Å². The highest BCUT2D eigenvalue weighted by Gasteiger charge is 2.31. The molecule has 1 aromatic rings. The molecule has 1 aliphatic heterocycles. The Hall–Kier alpha value is -2.87. The number of hydrogen-bond donors (Lipinski definition) is 1. The number of likely N-dealkylation sites (N-methyl/N-ethyl adjacent to an activating group) is 1. The second kappa shape index (κ2) is 6.93. The molecule has 1 aliphatic rings. The minimum Gasteiger partial charge on any atom is -0.298 e. The minimum atomic E-state index is -0.586. The first-order valence-electron chi connectivity index (χ1n) is 6.74. The SMILES string of the molecule is CCN1C(=O)/C(=C\C=C\c2ccccc2[N+](=O)[O-])C(=O)NC1=S. The predicted molar refractivity (Wildman–Crippen MR) is 88.3 cm³/mol. The fraction of sp³-hybridized carbons (Fsp3) is 0.133. The Labute approximate surface area is 137 Å². The Morgan fingerprint density at radius 2 is 2.04 bits per heavy atom. The van der Waals surface area contributed by atoms with Crippen molar-refractivity contribution in [3.63, 3.8) is 0 Å². The molecule has 0 unspecified atom stereocenters. The van der Waals surface area contributed by atoms with Crippen molar-refractivity contribution in [3.8, 4) is 0 Å². The van der Waals surface area contributed by atoms with Crippen LogP contribution in [0, 0.1) is 10.1 Å². The van der Waals surface area contributed by atoms with Crippen molar-refractivity contribution in [3.05, 3.63) is 57.7 Å². The number of para-hydroxylation sites is 1. The second-order valence-electron chi connectivity index (χ2n) is 4.56. The van der Waals surface area contributed by atoms with Gasteiger partial charge in [-0.25, -0.2) is 0 Å². The summed E-state index contributed by atoms with van der Waals surface area (Å²) in [7, 11) is 0. The molecule has 0 radical (unpaired) electrons. The van der Waals surface area contributed by atoms with E-state index in [-0.39, 0.29) is 16.4 Å². The summed E-state index contributed by atoms with van der Waals surface area (Å²) in [5.74, 6) is -1.08. The molecule has 1 aromatic carbocycles. The minimum absolute atomic E-state index is 0.0575. The summed E-state index contributed by atoms with van der Waals surface area (Å²) < 4.78 is 0. The van der Waals surface area contributed by atoms with Crippen molar-refractivity contribution in [1.29, 1.82) is 0 Å². The average Bonchev–Trinajstić information content (AvgIpc) is 2.51. The van der Waals surface area contributed by atoms with Gasteiger partial charge in [-0.05, 0) is 37.4 Å². The van der Waals surface area contributed by atoms with Crippen LogP contribution in [0.4, 0.5) is 5.69 Å². The summed E-state index contributed by atoms with van der Waals surface area (Å²) in [6, 6.07) is 6.17. The van der Waals surface area contributed by atoms with Gasteiger partial charge < -0.3 is 0 Å². The molecule has 23 heavy (non-hydrogen) atoms. The van der Waals surface area contributed by atoms with Crippen LogP contribution in [-0.2, 0) is 9.59 Å². The van der Waals surface area contributed by atoms with Gasteiger partial charge in [-0.2, -0.15) is 0 Å². The molecular weight excluding hydrogens is 318 g/mol. The standard InChI is InChI=1S/C15H13N3O4S/c1-2-17-14(20)11(13(19)16-15(17)23)8-5-7-10-6-3-4-9-12(10)18(21)22/h3-9H,2H2,1H3,(H,16,19,23)/b7-5+,11-8-. The molecule has 2 amide bonds. The van der Waals surface area contributed by atoms with Crippen molar-refractivity contribution in [2.45, 2.75) is 6.92 Å². The maximum Gasteiger partial charge on any atom is 0.276 e. The van der Waals surface area contributed by atoms with E-state index in [1.54, 1.807) is 25.1 Å². The van der Waals surface area contributed by atoms with Crippen molar-refractivity contribution in [2.24, 2.45) is 0 Å². The summed E-state index contributed by atoms with van der Waals surface area (Å²) in [4.78, 5) is 35.7.